The van der Waals surface area contributed by atoms with E-state index >= 15 is 0 Å². The van der Waals surface area contributed by atoms with Crippen LogP contribution in [0.3, 0.4) is 0 Å². The largest absolute Gasteiger partial charge is 0.547 e. The number of rotatable bonds is 3. The van der Waals surface area contributed by atoms with Gasteiger partial charge in [-0.15, -0.1) is 0 Å². The molecule has 1 aliphatic rings. The molecule has 1 aliphatic carbocycles. The minimum absolute atomic E-state index is 0.199. The molecule has 0 N–H and O–H groups in total. The first-order chi connectivity index (χ1) is 8.12. The van der Waals surface area contributed by atoms with Crippen molar-refractivity contribution in [2.24, 2.45) is 0 Å². The van der Waals surface area contributed by atoms with E-state index in [1.54, 1.807) is 6.92 Å². The molecule has 18 heavy (non-hydrogen) atoms. The Morgan fingerprint density at radius 3 is 2.56 bits per heavy atom. The van der Waals surface area contributed by atoms with Crippen molar-refractivity contribution in [1.29, 1.82) is 0 Å². The highest BCUT2D eigenvalue weighted by molar-refractivity contribution is 8.14. The summed E-state index contributed by atoms with van der Waals surface area (Å²) in [6.07, 6.45) is 5.43. The Labute approximate surface area is 117 Å². The van der Waals surface area contributed by atoms with E-state index < -0.39 is 8.32 Å². The molecule has 1 rings (SSSR count). The van der Waals surface area contributed by atoms with Gasteiger partial charge >= 0.3 is 0 Å². The molecule has 0 aromatic heterocycles. The minimum Gasteiger partial charge on any atom is -0.547 e. The molecule has 0 bridgehead atoms. The van der Waals surface area contributed by atoms with Crippen LogP contribution in [-0.4, -0.2) is 18.7 Å². The molecule has 0 saturated heterocycles. The van der Waals surface area contributed by atoms with Crippen molar-refractivity contribution in [2.75, 3.05) is 0 Å². The second kappa shape index (κ2) is 5.82. The summed E-state index contributed by atoms with van der Waals surface area (Å²) < 4.78 is 6.33. The van der Waals surface area contributed by atoms with Gasteiger partial charge in [-0.3, -0.25) is 4.79 Å². The van der Waals surface area contributed by atoms with E-state index in [0.29, 0.717) is 5.25 Å². The predicted octanol–water partition coefficient (Wildman–Crippen LogP) is 4.72. The number of thioether (sulfide) groups is 1. The number of hydrogen-bond acceptors (Lipinski definition) is 3. The maximum Gasteiger partial charge on any atom is 0.250 e. The zero-order chi connectivity index (χ0) is 14.0. The number of hydrogen-bond donors (Lipinski definition) is 0. The van der Waals surface area contributed by atoms with Gasteiger partial charge in [-0.05, 0) is 37.0 Å². The molecule has 0 radical (unpaired) electrons. The average molecular weight is 287 g/mol. The Morgan fingerprint density at radius 1 is 1.44 bits per heavy atom. The van der Waals surface area contributed by atoms with Gasteiger partial charge in [-0.2, -0.15) is 0 Å². The highest BCUT2D eigenvalue weighted by atomic mass is 32.2. The summed E-state index contributed by atoms with van der Waals surface area (Å²) in [4.78, 5) is 11.2. The molecule has 2 nitrogen and oxygen atoms in total. The standard InChI is InChI=1S/C14H26O2SSi/c1-11(15)17-13-9-7-8-12(10-13)16-18(5,6)14(2,3)4/h10,13H,7-9H2,1-6H3. The fourth-order valence-electron chi connectivity index (χ4n) is 1.72. The monoisotopic (exact) mass is 286 g/mol. The number of carbonyl (C=O) groups is 1. The molecule has 0 saturated carbocycles. The van der Waals surface area contributed by atoms with E-state index in [9.17, 15) is 4.79 Å². The quantitative estimate of drug-likeness (QED) is 0.702. The molecular formula is C14H26O2SSi. The third-order valence-electron chi connectivity index (χ3n) is 3.79. The number of carbonyl (C=O) groups excluding carboxylic acids is 1. The van der Waals surface area contributed by atoms with Crippen molar-refractivity contribution in [3.05, 3.63) is 11.8 Å². The second-order valence-electron chi connectivity index (χ2n) is 6.54. The maximum atomic E-state index is 11.2. The van der Waals surface area contributed by atoms with Gasteiger partial charge < -0.3 is 4.43 Å². The minimum atomic E-state index is -1.72. The summed E-state index contributed by atoms with van der Waals surface area (Å²) in [6.45, 7) is 13.0. The van der Waals surface area contributed by atoms with Gasteiger partial charge in [0.1, 0.15) is 0 Å². The van der Waals surface area contributed by atoms with Gasteiger partial charge in [0.25, 0.3) is 0 Å². The van der Waals surface area contributed by atoms with E-state index in [4.69, 9.17) is 4.43 Å². The van der Waals surface area contributed by atoms with Crippen LogP contribution in [0.4, 0.5) is 0 Å². The first-order valence-electron chi connectivity index (χ1n) is 6.69. The lowest BCUT2D eigenvalue weighted by Gasteiger charge is -2.38. The zero-order valence-electron chi connectivity index (χ0n) is 12.5. The van der Waals surface area contributed by atoms with Gasteiger partial charge in [0.2, 0.25) is 8.32 Å². The van der Waals surface area contributed by atoms with Crippen LogP contribution in [-0.2, 0) is 9.22 Å². The van der Waals surface area contributed by atoms with Crippen LogP contribution in [0.2, 0.25) is 18.1 Å². The molecular weight excluding hydrogens is 260 g/mol. The van der Waals surface area contributed by atoms with Crippen LogP contribution in [0.15, 0.2) is 11.8 Å². The Hall–Kier alpha value is -0.223. The molecule has 0 fully saturated rings. The first-order valence-corrected chi connectivity index (χ1v) is 10.5. The fraction of sp³-hybridized carbons (Fsp3) is 0.786. The smallest absolute Gasteiger partial charge is 0.250 e. The lowest BCUT2D eigenvalue weighted by molar-refractivity contribution is -0.109. The Morgan fingerprint density at radius 2 is 2.06 bits per heavy atom. The Kier molecular flexibility index (Phi) is 5.12. The molecule has 4 heteroatoms. The van der Waals surface area contributed by atoms with Crippen LogP contribution in [0.1, 0.15) is 47.0 Å². The lowest BCUT2D eigenvalue weighted by atomic mass is 10.1. The van der Waals surface area contributed by atoms with Crippen molar-refractivity contribution < 1.29 is 9.22 Å². The molecule has 1 atom stereocenters. The van der Waals surface area contributed by atoms with E-state index in [1.807, 2.05) is 0 Å². The second-order valence-corrected chi connectivity index (χ2v) is 12.7. The molecule has 104 valence electrons. The molecule has 0 spiro atoms. The van der Waals surface area contributed by atoms with Crippen LogP contribution in [0.25, 0.3) is 0 Å². The Balaban J connectivity index is 2.72. The Bertz CT molecular complexity index is 342. The van der Waals surface area contributed by atoms with Crippen molar-refractivity contribution in [1.82, 2.24) is 0 Å². The first kappa shape index (κ1) is 15.8. The van der Waals surface area contributed by atoms with Crippen molar-refractivity contribution in [2.45, 2.75) is 70.3 Å². The zero-order valence-corrected chi connectivity index (χ0v) is 14.3. The summed E-state index contributed by atoms with van der Waals surface area (Å²) in [5.41, 5.74) is 0. The molecule has 0 aromatic rings. The van der Waals surface area contributed by atoms with Gasteiger partial charge in [-0.1, -0.05) is 32.5 Å². The lowest BCUT2D eigenvalue weighted by Crippen LogP contribution is -2.40. The predicted molar refractivity (Wildman–Crippen MR) is 82.3 cm³/mol. The third-order valence-corrected chi connectivity index (χ3v) is 9.18. The van der Waals surface area contributed by atoms with Gasteiger partial charge in [0.15, 0.2) is 5.12 Å². The molecule has 0 aromatic carbocycles. The molecule has 1 unspecified atom stereocenters. The molecule has 0 aliphatic heterocycles. The normalized spacial score (nSPS) is 21.4. The van der Waals surface area contributed by atoms with Crippen LogP contribution in [0.5, 0.6) is 0 Å². The summed E-state index contributed by atoms with van der Waals surface area (Å²) in [6, 6.07) is 0. The van der Waals surface area contributed by atoms with Crippen LogP contribution in [0, 0.1) is 0 Å². The van der Waals surface area contributed by atoms with Gasteiger partial charge in [0, 0.05) is 18.6 Å². The van der Waals surface area contributed by atoms with E-state index in [0.717, 1.165) is 25.0 Å². The van der Waals surface area contributed by atoms with Crippen LogP contribution >= 0.6 is 11.8 Å². The average Bonchev–Trinajstić information content (AvgIpc) is 2.14. The van der Waals surface area contributed by atoms with E-state index in [-0.39, 0.29) is 10.2 Å². The van der Waals surface area contributed by atoms with E-state index in [1.165, 1.54) is 11.8 Å². The van der Waals surface area contributed by atoms with Crippen molar-refractivity contribution >= 4 is 25.2 Å². The van der Waals surface area contributed by atoms with E-state index in [2.05, 4.69) is 39.9 Å². The highest BCUT2D eigenvalue weighted by Crippen LogP contribution is 2.39. The summed E-state index contributed by atoms with van der Waals surface area (Å²) in [5.74, 6) is 1.12. The topological polar surface area (TPSA) is 26.3 Å². The third kappa shape index (κ3) is 4.46. The summed E-state index contributed by atoms with van der Waals surface area (Å²) in [7, 11) is -1.72. The van der Waals surface area contributed by atoms with Crippen LogP contribution < -0.4 is 0 Å². The van der Waals surface area contributed by atoms with Crippen molar-refractivity contribution in [3.63, 3.8) is 0 Å². The van der Waals surface area contributed by atoms with Gasteiger partial charge in [0.05, 0.1) is 5.76 Å². The van der Waals surface area contributed by atoms with Crippen molar-refractivity contribution in [3.8, 4) is 0 Å². The fourth-order valence-corrected chi connectivity index (χ4v) is 3.79. The van der Waals surface area contributed by atoms with Gasteiger partial charge in [-0.25, -0.2) is 0 Å². The molecule has 0 amide bonds. The highest BCUT2D eigenvalue weighted by Gasteiger charge is 2.39. The number of allylic oxidation sites excluding steroid dienone is 1. The molecule has 0 heterocycles. The summed E-state index contributed by atoms with van der Waals surface area (Å²) >= 11 is 1.43. The SMILES string of the molecule is CC(=O)SC1C=C(O[Si](C)(C)C(C)(C)C)CCC1. The maximum absolute atomic E-state index is 11.2. The summed E-state index contributed by atoms with van der Waals surface area (Å²) in [5, 5.41) is 0.745.